The third kappa shape index (κ3) is 4.01. The van der Waals surface area contributed by atoms with Gasteiger partial charge < -0.3 is 10.6 Å². The predicted molar refractivity (Wildman–Crippen MR) is 108 cm³/mol. The number of rotatable bonds is 4. The highest BCUT2D eigenvalue weighted by atomic mass is 35.5. The molecule has 0 spiro atoms. The minimum atomic E-state index is -3.62. The maximum atomic E-state index is 12.8. The summed E-state index contributed by atoms with van der Waals surface area (Å²) in [6.07, 6.45) is 0. The van der Waals surface area contributed by atoms with Crippen LogP contribution < -0.4 is 10.6 Å². The van der Waals surface area contributed by atoms with Crippen molar-refractivity contribution in [1.82, 2.24) is 0 Å². The van der Waals surface area contributed by atoms with Crippen LogP contribution in [0.4, 0.5) is 11.4 Å². The molecule has 8 heteroatoms. The first-order valence-electron chi connectivity index (χ1n) is 7.17. The van der Waals surface area contributed by atoms with Crippen LogP contribution >= 0.6 is 35.2 Å². The van der Waals surface area contributed by atoms with Crippen molar-refractivity contribution < 1.29 is 8.42 Å². The van der Waals surface area contributed by atoms with Crippen molar-refractivity contribution in [2.75, 3.05) is 10.6 Å². The molecule has 4 nitrogen and oxygen atoms in total. The van der Waals surface area contributed by atoms with Gasteiger partial charge in [0.25, 0.3) is 0 Å². The molecule has 0 saturated heterocycles. The van der Waals surface area contributed by atoms with Gasteiger partial charge in [-0.25, -0.2) is 8.42 Å². The number of anilines is 2. The van der Waals surface area contributed by atoms with E-state index in [1.165, 1.54) is 11.3 Å². The summed E-state index contributed by atoms with van der Waals surface area (Å²) in [7, 11) is -3.62. The Morgan fingerprint density at radius 2 is 1.56 bits per heavy atom. The Morgan fingerprint density at radius 3 is 2.28 bits per heavy atom. The Kier molecular flexibility index (Phi) is 5.39. The zero-order valence-electron chi connectivity index (χ0n) is 12.8. The van der Waals surface area contributed by atoms with E-state index in [9.17, 15) is 8.42 Å². The quantitative estimate of drug-likeness (QED) is 0.592. The summed E-state index contributed by atoms with van der Waals surface area (Å²) in [5, 5.41) is 9.97. The molecule has 3 aromatic rings. The number of hydrogen-bond donors (Lipinski definition) is 2. The zero-order chi connectivity index (χ0) is 17.9. The summed E-state index contributed by atoms with van der Waals surface area (Å²) < 4.78 is 25.6. The first-order valence-corrected chi connectivity index (χ1v) is 10.4. The van der Waals surface area contributed by atoms with Crippen LogP contribution in [0.25, 0.3) is 0 Å². The van der Waals surface area contributed by atoms with Crippen molar-refractivity contribution in [2.24, 2.45) is 0 Å². The molecule has 3 rings (SSSR count). The summed E-state index contributed by atoms with van der Waals surface area (Å²) in [6, 6.07) is 15.4. The molecule has 2 aromatic carbocycles. The highest BCUT2D eigenvalue weighted by Gasteiger charge is 2.22. The number of benzene rings is 2. The number of halogens is 1. The van der Waals surface area contributed by atoms with Crippen LogP contribution in [0.15, 0.2) is 75.1 Å². The summed E-state index contributed by atoms with van der Waals surface area (Å²) >= 11 is 12.6. The average molecular weight is 409 g/mol. The van der Waals surface area contributed by atoms with Crippen molar-refractivity contribution in [3.8, 4) is 0 Å². The van der Waals surface area contributed by atoms with Crippen LogP contribution in [0.2, 0.25) is 5.02 Å². The lowest BCUT2D eigenvalue weighted by atomic mass is 10.3. The molecule has 0 aliphatic heterocycles. The lowest BCUT2D eigenvalue weighted by molar-refractivity contribution is 0.597. The van der Waals surface area contributed by atoms with E-state index in [2.05, 4.69) is 10.6 Å². The van der Waals surface area contributed by atoms with Gasteiger partial charge in [-0.3, -0.25) is 0 Å². The van der Waals surface area contributed by atoms with Crippen molar-refractivity contribution in [3.05, 3.63) is 70.4 Å². The van der Waals surface area contributed by atoms with E-state index < -0.39 is 9.84 Å². The second-order valence-corrected chi connectivity index (χ2v) is 8.50. The van der Waals surface area contributed by atoms with Gasteiger partial charge in [0.05, 0.1) is 21.3 Å². The molecule has 0 atom stereocenters. The molecule has 128 valence electrons. The van der Waals surface area contributed by atoms with E-state index in [0.717, 1.165) is 0 Å². The zero-order valence-corrected chi connectivity index (χ0v) is 16.0. The number of thiophene rings is 1. The fourth-order valence-corrected chi connectivity index (χ4v) is 5.11. The van der Waals surface area contributed by atoms with E-state index in [0.29, 0.717) is 16.4 Å². The van der Waals surface area contributed by atoms with Gasteiger partial charge in [0.1, 0.15) is 4.90 Å². The van der Waals surface area contributed by atoms with Crippen LogP contribution in [0.5, 0.6) is 0 Å². The molecule has 1 heterocycles. The molecule has 1 aromatic heterocycles. The van der Waals surface area contributed by atoms with Crippen LogP contribution in [0.3, 0.4) is 0 Å². The smallest absolute Gasteiger partial charge is 0.209 e. The van der Waals surface area contributed by atoms with Gasteiger partial charge in [0.2, 0.25) is 9.84 Å². The minimum Gasteiger partial charge on any atom is -0.331 e. The Balaban J connectivity index is 1.83. The van der Waals surface area contributed by atoms with Crippen molar-refractivity contribution in [1.29, 1.82) is 0 Å². The van der Waals surface area contributed by atoms with E-state index in [-0.39, 0.29) is 14.9 Å². The van der Waals surface area contributed by atoms with Crippen LogP contribution in [-0.2, 0) is 9.84 Å². The van der Waals surface area contributed by atoms with Crippen LogP contribution in [0, 0.1) is 0 Å². The standard InChI is InChI=1S/C17H13ClN2O2S3/c18-13-8-4-5-9-14(13)19-17(23)20-15-10-24-11-16(15)25(21,22)12-6-2-1-3-7-12/h1-11H,(H2,19,20,23). The molecular weight excluding hydrogens is 396 g/mol. The molecule has 0 saturated carbocycles. The highest BCUT2D eigenvalue weighted by Crippen LogP contribution is 2.31. The Labute approximate surface area is 160 Å². The topological polar surface area (TPSA) is 58.2 Å². The van der Waals surface area contributed by atoms with Gasteiger partial charge >= 0.3 is 0 Å². The molecule has 0 radical (unpaired) electrons. The Morgan fingerprint density at radius 1 is 0.920 bits per heavy atom. The number of nitrogens with one attached hydrogen (secondary N) is 2. The molecule has 0 fully saturated rings. The second kappa shape index (κ2) is 7.53. The first kappa shape index (κ1) is 17.9. The molecule has 0 unspecified atom stereocenters. The Bertz CT molecular complexity index is 1000. The van der Waals surface area contributed by atoms with Crippen LogP contribution in [-0.4, -0.2) is 13.5 Å². The number of hydrogen-bond acceptors (Lipinski definition) is 4. The lowest BCUT2D eigenvalue weighted by Gasteiger charge is -2.12. The van der Waals surface area contributed by atoms with E-state index in [4.69, 9.17) is 23.8 Å². The Hall–Kier alpha value is -1.93. The van der Waals surface area contributed by atoms with E-state index >= 15 is 0 Å². The van der Waals surface area contributed by atoms with Crippen molar-refractivity contribution in [3.63, 3.8) is 0 Å². The fourth-order valence-electron chi connectivity index (χ4n) is 2.15. The van der Waals surface area contributed by atoms with Gasteiger partial charge in [-0.2, -0.15) is 0 Å². The molecule has 0 aliphatic rings. The summed E-state index contributed by atoms with van der Waals surface area (Å²) in [4.78, 5) is 0.424. The molecule has 25 heavy (non-hydrogen) atoms. The van der Waals surface area contributed by atoms with Gasteiger partial charge in [0, 0.05) is 10.8 Å². The molecule has 2 N–H and O–H groups in total. The number of sulfone groups is 1. The minimum absolute atomic E-state index is 0.187. The highest BCUT2D eigenvalue weighted by molar-refractivity contribution is 7.91. The normalized spacial score (nSPS) is 11.1. The molecule has 0 aliphatic carbocycles. The predicted octanol–water partition coefficient (Wildman–Crippen LogP) is 5.04. The summed E-state index contributed by atoms with van der Waals surface area (Å²) in [5.41, 5.74) is 1.07. The van der Waals surface area contributed by atoms with Crippen molar-refractivity contribution in [2.45, 2.75) is 9.79 Å². The van der Waals surface area contributed by atoms with Gasteiger partial charge in [0.15, 0.2) is 5.11 Å². The van der Waals surface area contributed by atoms with Crippen LogP contribution in [0.1, 0.15) is 0 Å². The molecular formula is C17H13ClN2O2S3. The second-order valence-electron chi connectivity index (χ2n) is 5.03. The monoisotopic (exact) mass is 408 g/mol. The van der Waals surface area contributed by atoms with Gasteiger partial charge in [-0.15, -0.1) is 11.3 Å². The maximum absolute atomic E-state index is 12.8. The summed E-state index contributed by atoms with van der Waals surface area (Å²) in [6.45, 7) is 0. The molecule has 0 amide bonds. The third-order valence-corrected chi connectivity index (χ3v) is 6.58. The molecule has 0 bridgehead atoms. The maximum Gasteiger partial charge on any atom is 0.209 e. The fraction of sp³-hybridized carbons (Fsp3) is 0. The SMILES string of the molecule is O=S(=O)(c1ccccc1)c1cscc1NC(=S)Nc1ccccc1Cl. The summed E-state index contributed by atoms with van der Waals surface area (Å²) in [5.74, 6) is 0. The average Bonchev–Trinajstić information content (AvgIpc) is 3.06. The van der Waals surface area contributed by atoms with E-state index in [1.807, 2.05) is 12.1 Å². The van der Waals surface area contributed by atoms with Gasteiger partial charge in [-0.1, -0.05) is 41.9 Å². The first-order chi connectivity index (χ1) is 12.0. The van der Waals surface area contributed by atoms with E-state index in [1.54, 1.807) is 53.2 Å². The largest absolute Gasteiger partial charge is 0.331 e. The number of thiocarbonyl (C=S) groups is 1. The third-order valence-electron chi connectivity index (χ3n) is 3.34. The number of para-hydroxylation sites is 1. The van der Waals surface area contributed by atoms with Crippen molar-refractivity contribution >= 4 is 61.5 Å². The lowest BCUT2D eigenvalue weighted by Crippen LogP contribution is -2.20. The van der Waals surface area contributed by atoms with Gasteiger partial charge in [-0.05, 0) is 36.5 Å².